The van der Waals surface area contributed by atoms with Gasteiger partial charge in [0, 0.05) is 10.9 Å². The van der Waals surface area contributed by atoms with Gasteiger partial charge in [-0.05, 0) is 42.8 Å². The molecule has 1 aromatic carbocycles. The third-order valence-electron chi connectivity index (χ3n) is 3.82. The molecule has 1 aliphatic rings. The topological polar surface area (TPSA) is 46.0 Å². The van der Waals surface area contributed by atoms with Gasteiger partial charge in [-0.3, -0.25) is 5.10 Å². The predicted octanol–water partition coefficient (Wildman–Crippen LogP) is 4.52. The first-order valence-corrected chi connectivity index (χ1v) is 8.00. The Bertz CT molecular complexity index is 698. The Morgan fingerprint density at radius 3 is 2.90 bits per heavy atom. The monoisotopic (exact) mass is 320 g/mol. The van der Waals surface area contributed by atoms with Crippen molar-refractivity contribution < 1.29 is 0 Å². The molecule has 0 atom stereocenters. The molecule has 1 heterocycles. The lowest BCUT2D eigenvalue weighted by molar-refractivity contribution is 0.419. The summed E-state index contributed by atoms with van der Waals surface area (Å²) in [7, 11) is 0. The highest BCUT2D eigenvalue weighted by Crippen LogP contribution is 2.31. The van der Waals surface area contributed by atoms with E-state index >= 15 is 0 Å². The average Bonchev–Trinajstić information content (AvgIpc) is 2.87. The summed E-state index contributed by atoms with van der Waals surface area (Å²) < 4.78 is 2.28. The third-order valence-corrected chi connectivity index (χ3v) is 4.32. The first-order chi connectivity index (χ1) is 10.2. The van der Waals surface area contributed by atoms with Gasteiger partial charge in [0.15, 0.2) is 5.82 Å². The molecule has 0 amide bonds. The molecule has 0 aliphatic heterocycles. The molecule has 0 unspecified atom stereocenters. The van der Waals surface area contributed by atoms with Crippen LogP contribution in [0.3, 0.4) is 0 Å². The van der Waals surface area contributed by atoms with E-state index in [2.05, 4.69) is 15.3 Å². The molecular weight excluding hydrogens is 304 g/mol. The Labute approximate surface area is 133 Å². The van der Waals surface area contributed by atoms with Crippen molar-refractivity contribution in [1.29, 1.82) is 0 Å². The number of nitrogens with one attached hydrogen (secondary N) is 1. The van der Waals surface area contributed by atoms with E-state index in [0.29, 0.717) is 15.7 Å². The standard InChI is InChI=1S/C15H17ClN4S/c16-13-8-4-5-11(9-13)10-17-20-14(18-19-15(20)21)12-6-2-1-3-7-12/h4-5,8-10,12H,1-3,6-7H2,(H,19,21). The maximum atomic E-state index is 5.98. The SMILES string of the molecule is S=c1[nH]nc(C2CCCCC2)n1N=Cc1cccc(Cl)c1. The Balaban J connectivity index is 1.88. The molecule has 0 spiro atoms. The molecule has 1 N–H and O–H groups in total. The number of benzene rings is 1. The molecule has 1 aliphatic carbocycles. The molecule has 110 valence electrons. The van der Waals surface area contributed by atoms with E-state index in [1.54, 1.807) is 10.9 Å². The van der Waals surface area contributed by atoms with Crippen molar-refractivity contribution in [1.82, 2.24) is 14.9 Å². The minimum Gasteiger partial charge on any atom is -0.250 e. The van der Waals surface area contributed by atoms with E-state index in [9.17, 15) is 0 Å². The Kier molecular flexibility index (Phi) is 4.51. The van der Waals surface area contributed by atoms with Gasteiger partial charge in [0.25, 0.3) is 0 Å². The normalized spacial score (nSPS) is 16.6. The fourth-order valence-electron chi connectivity index (χ4n) is 2.75. The van der Waals surface area contributed by atoms with Crippen molar-refractivity contribution in [3.8, 4) is 0 Å². The van der Waals surface area contributed by atoms with Gasteiger partial charge < -0.3 is 0 Å². The predicted molar refractivity (Wildman–Crippen MR) is 87.7 cm³/mol. The highest BCUT2D eigenvalue weighted by molar-refractivity contribution is 7.71. The van der Waals surface area contributed by atoms with Gasteiger partial charge in [-0.2, -0.15) is 14.9 Å². The molecule has 4 nitrogen and oxygen atoms in total. The Hall–Kier alpha value is -1.46. The summed E-state index contributed by atoms with van der Waals surface area (Å²) in [5.41, 5.74) is 0.945. The van der Waals surface area contributed by atoms with Crippen LogP contribution in [-0.4, -0.2) is 21.1 Å². The van der Waals surface area contributed by atoms with Crippen molar-refractivity contribution >= 4 is 30.0 Å². The lowest BCUT2D eigenvalue weighted by Gasteiger charge is -2.19. The number of halogens is 1. The van der Waals surface area contributed by atoms with Crippen LogP contribution in [0.5, 0.6) is 0 Å². The zero-order valence-corrected chi connectivity index (χ0v) is 13.2. The second-order valence-electron chi connectivity index (χ2n) is 5.33. The van der Waals surface area contributed by atoms with Gasteiger partial charge in [-0.25, -0.2) is 0 Å². The van der Waals surface area contributed by atoms with Gasteiger partial charge in [0.2, 0.25) is 4.77 Å². The summed E-state index contributed by atoms with van der Waals surface area (Å²) in [5.74, 6) is 1.39. The summed E-state index contributed by atoms with van der Waals surface area (Å²) in [6.07, 6.45) is 7.90. The quantitative estimate of drug-likeness (QED) is 0.667. The third kappa shape index (κ3) is 3.41. The number of aromatic nitrogens is 3. The van der Waals surface area contributed by atoms with Gasteiger partial charge in [-0.1, -0.05) is 43.0 Å². The highest BCUT2D eigenvalue weighted by atomic mass is 35.5. The number of nitrogens with zero attached hydrogens (tertiary/aromatic N) is 3. The van der Waals surface area contributed by atoms with Crippen LogP contribution >= 0.6 is 23.8 Å². The van der Waals surface area contributed by atoms with Crippen molar-refractivity contribution in [3.05, 3.63) is 45.4 Å². The largest absolute Gasteiger partial charge is 0.250 e. The molecule has 3 rings (SSSR count). The van der Waals surface area contributed by atoms with Gasteiger partial charge in [-0.15, -0.1) is 0 Å². The molecule has 1 aromatic heterocycles. The number of H-pyrrole nitrogens is 1. The zero-order chi connectivity index (χ0) is 14.7. The van der Waals surface area contributed by atoms with Crippen molar-refractivity contribution in [2.24, 2.45) is 5.10 Å². The van der Waals surface area contributed by atoms with Gasteiger partial charge in [0.1, 0.15) is 0 Å². The molecule has 1 saturated carbocycles. The average molecular weight is 321 g/mol. The Morgan fingerprint density at radius 1 is 1.33 bits per heavy atom. The van der Waals surface area contributed by atoms with Crippen LogP contribution in [0, 0.1) is 4.77 Å². The van der Waals surface area contributed by atoms with E-state index in [-0.39, 0.29) is 0 Å². The molecule has 0 radical (unpaired) electrons. The van der Waals surface area contributed by atoms with Crippen LogP contribution in [0.25, 0.3) is 0 Å². The fourth-order valence-corrected chi connectivity index (χ4v) is 3.14. The van der Waals surface area contributed by atoms with Gasteiger partial charge >= 0.3 is 0 Å². The van der Waals surface area contributed by atoms with Crippen LogP contribution in [0.2, 0.25) is 5.02 Å². The molecule has 6 heteroatoms. The highest BCUT2D eigenvalue weighted by Gasteiger charge is 2.21. The smallest absolute Gasteiger partial charge is 0.216 e. The van der Waals surface area contributed by atoms with E-state index in [1.807, 2.05) is 24.3 Å². The maximum absolute atomic E-state index is 5.98. The van der Waals surface area contributed by atoms with Crippen LogP contribution in [0.1, 0.15) is 49.4 Å². The maximum Gasteiger partial charge on any atom is 0.216 e. The molecule has 1 fully saturated rings. The summed E-state index contributed by atoms with van der Waals surface area (Å²) in [6.45, 7) is 0. The molecule has 2 aromatic rings. The summed E-state index contributed by atoms with van der Waals surface area (Å²) in [4.78, 5) is 0. The van der Waals surface area contributed by atoms with Crippen molar-refractivity contribution in [2.45, 2.75) is 38.0 Å². The Morgan fingerprint density at radius 2 is 2.14 bits per heavy atom. The van der Waals surface area contributed by atoms with Crippen LogP contribution < -0.4 is 0 Å². The van der Waals surface area contributed by atoms with Crippen LogP contribution in [0.4, 0.5) is 0 Å². The minimum absolute atomic E-state index is 0.447. The van der Waals surface area contributed by atoms with Crippen molar-refractivity contribution in [2.75, 3.05) is 0 Å². The summed E-state index contributed by atoms with van der Waals surface area (Å²) in [6, 6.07) is 7.57. The number of hydrogen-bond acceptors (Lipinski definition) is 3. The molecular formula is C15H17ClN4S. The van der Waals surface area contributed by atoms with E-state index in [4.69, 9.17) is 23.8 Å². The zero-order valence-electron chi connectivity index (χ0n) is 11.6. The summed E-state index contributed by atoms with van der Waals surface area (Å²) >= 11 is 11.3. The number of aromatic amines is 1. The van der Waals surface area contributed by atoms with E-state index < -0.39 is 0 Å². The lowest BCUT2D eigenvalue weighted by Crippen LogP contribution is -2.10. The van der Waals surface area contributed by atoms with E-state index in [1.165, 1.54) is 19.3 Å². The number of hydrogen-bond donors (Lipinski definition) is 1. The second-order valence-corrected chi connectivity index (χ2v) is 6.16. The second kappa shape index (κ2) is 6.54. The van der Waals surface area contributed by atoms with Gasteiger partial charge in [0.05, 0.1) is 6.21 Å². The fraction of sp³-hybridized carbons (Fsp3) is 0.400. The van der Waals surface area contributed by atoms with Crippen molar-refractivity contribution in [3.63, 3.8) is 0 Å². The lowest BCUT2D eigenvalue weighted by atomic mass is 9.89. The number of rotatable bonds is 3. The van der Waals surface area contributed by atoms with Crippen LogP contribution in [0.15, 0.2) is 29.4 Å². The first-order valence-electron chi connectivity index (χ1n) is 7.21. The molecule has 0 bridgehead atoms. The first kappa shape index (κ1) is 14.5. The molecule has 21 heavy (non-hydrogen) atoms. The van der Waals surface area contributed by atoms with E-state index in [0.717, 1.165) is 24.2 Å². The molecule has 0 saturated heterocycles. The summed E-state index contributed by atoms with van der Waals surface area (Å²) in [5, 5.41) is 12.4. The van der Waals surface area contributed by atoms with Crippen LogP contribution in [-0.2, 0) is 0 Å². The minimum atomic E-state index is 0.447.